The Hall–Kier alpha value is -1.19. The zero-order valence-corrected chi connectivity index (χ0v) is 10.2. The largest absolute Gasteiger partial charge is 0.300 e. The summed E-state index contributed by atoms with van der Waals surface area (Å²) in [7, 11) is 0. The van der Waals surface area contributed by atoms with Gasteiger partial charge in [0.1, 0.15) is 5.78 Å². The van der Waals surface area contributed by atoms with Crippen LogP contribution in [-0.2, 0) is 14.4 Å². The van der Waals surface area contributed by atoms with Crippen molar-refractivity contribution in [2.45, 2.75) is 40.0 Å². The lowest BCUT2D eigenvalue weighted by Gasteiger charge is -2.15. The van der Waals surface area contributed by atoms with E-state index >= 15 is 0 Å². The first-order valence-electron chi connectivity index (χ1n) is 5.83. The van der Waals surface area contributed by atoms with Crippen LogP contribution in [-0.4, -0.2) is 29.0 Å². The Morgan fingerprint density at radius 1 is 1.44 bits per heavy atom. The number of nitrogens with zero attached hydrogens (tertiary/aromatic N) is 1. The number of carbonyl (C=O) groups is 3. The normalized spacial score (nSPS) is 21.0. The number of hydrogen-bond acceptors (Lipinski definition) is 3. The highest BCUT2D eigenvalue weighted by Crippen LogP contribution is 2.26. The molecule has 4 nitrogen and oxygen atoms in total. The van der Waals surface area contributed by atoms with Crippen molar-refractivity contribution < 1.29 is 14.4 Å². The molecule has 1 fully saturated rings. The minimum Gasteiger partial charge on any atom is -0.300 e. The van der Waals surface area contributed by atoms with Crippen molar-refractivity contribution in [3.05, 3.63) is 0 Å². The summed E-state index contributed by atoms with van der Waals surface area (Å²) in [5.41, 5.74) is 0. The van der Waals surface area contributed by atoms with Gasteiger partial charge in [-0.05, 0) is 5.92 Å². The zero-order valence-electron chi connectivity index (χ0n) is 10.2. The van der Waals surface area contributed by atoms with Crippen LogP contribution in [0.3, 0.4) is 0 Å². The summed E-state index contributed by atoms with van der Waals surface area (Å²) in [5.74, 6) is -0.155. The lowest BCUT2D eigenvalue weighted by molar-refractivity contribution is -0.139. The number of likely N-dealkylation sites (tertiary alicyclic amines) is 1. The molecule has 1 heterocycles. The van der Waals surface area contributed by atoms with Crippen LogP contribution >= 0.6 is 0 Å². The Kier molecular flexibility index (Phi) is 4.21. The van der Waals surface area contributed by atoms with E-state index in [0.29, 0.717) is 19.3 Å². The minimum absolute atomic E-state index is 0.0913. The number of Topliss-reactive ketones (excluding diaryl/α,β-unsaturated/α-hetero) is 1. The van der Waals surface area contributed by atoms with Crippen molar-refractivity contribution in [3.8, 4) is 0 Å². The average molecular weight is 225 g/mol. The van der Waals surface area contributed by atoms with Crippen molar-refractivity contribution in [1.29, 1.82) is 0 Å². The topological polar surface area (TPSA) is 54.5 Å². The van der Waals surface area contributed by atoms with E-state index in [1.165, 1.54) is 4.90 Å². The third kappa shape index (κ3) is 2.68. The number of amides is 2. The second-order valence-electron chi connectivity index (χ2n) is 4.58. The molecule has 0 N–H and O–H groups in total. The molecule has 1 unspecified atom stereocenters. The smallest absolute Gasteiger partial charge is 0.233 e. The lowest BCUT2D eigenvalue weighted by atomic mass is 9.94. The van der Waals surface area contributed by atoms with Gasteiger partial charge in [-0.1, -0.05) is 20.8 Å². The molecule has 1 saturated heterocycles. The Balaban J connectivity index is 2.58. The second kappa shape index (κ2) is 5.23. The summed E-state index contributed by atoms with van der Waals surface area (Å²) in [6, 6.07) is 0. The predicted molar refractivity (Wildman–Crippen MR) is 59.6 cm³/mol. The predicted octanol–water partition coefficient (Wildman–Crippen LogP) is 1.39. The number of carbonyl (C=O) groups excluding carboxylic acids is 3. The molecular formula is C12H19NO3. The fourth-order valence-corrected chi connectivity index (χ4v) is 1.88. The SMILES string of the molecule is CCC(=O)CCN1C(=O)CC(C(C)C)C1=O. The molecule has 0 aromatic rings. The van der Waals surface area contributed by atoms with Crippen molar-refractivity contribution >= 4 is 17.6 Å². The quantitative estimate of drug-likeness (QED) is 0.664. The number of imide groups is 1. The van der Waals surface area contributed by atoms with E-state index in [1.807, 2.05) is 13.8 Å². The maximum absolute atomic E-state index is 11.9. The first-order valence-corrected chi connectivity index (χ1v) is 5.83. The average Bonchev–Trinajstić information content (AvgIpc) is 2.51. The fourth-order valence-electron chi connectivity index (χ4n) is 1.88. The molecular weight excluding hydrogens is 206 g/mol. The van der Waals surface area contributed by atoms with Gasteiger partial charge in [-0.15, -0.1) is 0 Å². The molecule has 0 aliphatic carbocycles. The summed E-state index contributed by atoms with van der Waals surface area (Å²) < 4.78 is 0. The summed E-state index contributed by atoms with van der Waals surface area (Å²) in [6.07, 6.45) is 1.06. The molecule has 0 radical (unpaired) electrons. The molecule has 1 rings (SSSR count). The molecule has 0 aromatic carbocycles. The van der Waals surface area contributed by atoms with Gasteiger partial charge in [0.15, 0.2) is 0 Å². The van der Waals surface area contributed by atoms with E-state index in [9.17, 15) is 14.4 Å². The number of hydrogen-bond donors (Lipinski definition) is 0. The van der Waals surface area contributed by atoms with Gasteiger partial charge in [0.05, 0.1) is 0 Å². The van der Waals surface area contributed by atoms with E-state index in [1.54, 1.807) is 6.92 Å². The molecule has 0 aromatic heterocycles. The van der Waals surface area contributed by atoms with Crippen LogP contribution in [0.25, 0.3) is 0 Å². The molecule has 1 aliphatic rings. The molecule has 0 spiro atoms. The Morgan fingerprint density at radius 2 is 2.06 bits per heavy atom. The molecule has 4 heteroatoms. The number of ketones is 1. The Bertz CT molecular complexity index is 309. The van der Waals surface area contributed by atoms with Gasteiger partial charge in [-0.2, -0.15) is 0 Å². The maximum atomic E-state index is 11.9. The highest BCUT2D eigenvalue weighted by molar-refractivity contribution is 6.03. The third-order valence-electron chi connectivity index (χ3n) is 3.09. The van der Waals surface area contributed by atoms with Crippen molar-refractivity contribution in [2.75, 3.05) is 6.54 Å². The van der Waals surface area contributed by atoms with Crippen LogP contribution in [0.4, 0.5) is 0 Å². The first-order chi connectivity index (χ1) is 7.47. The van der Waals surface area contributed by atoms with E-state index in [-0.39, 0.29) is 36.0 Å². The molecule has 16 heavy (non-hydrogen) atoms. The first kappa shape index (κ1) is 12.9. The van der Waals surface area contributed by atoms with Crippen LogP contribution in [0.5, 0.6) is 0 Å². The van der Waals surface area contributed by atoms with Crippen molar-refractivity contribution in [1.82, 2.24) is 4.90 Å². The van der Waals surface area contributed by atoms with Crippen LogP contribution in [0.1, 0.15) is 40.0 Å². The summed E-state index contributed by atoms with van der Waals surface area (Å²) in [4.78, 5) is 35.8. The van der Waals surface area contributed by atoms with Crippen molar-refractivity contribution in [3.63, 3.8) is 0 Å². The molecule has 1 atom stereocenters. The van der Waals surface area contributed by atoms with E-state index in [2.05, 4.69) is 0 Å². The monoisotopic (exact) mass is 225 g/mol. The van der Waals surface area contributed by atoms with Crippen molar-refractivity contribution in [2.24, 2.45) is 11.8 Å². The Labute approximate surface area is 96.0 Å². The summed E-state index contributed by atoms with van der Waals surface area (Å²) >= 11 is 0. The fraction of sp³-hybridized carbons (Fsp3) is 0.750. The summed E-state index contributed by atoms with van der Waals surface area (Å²) in [5, 5.41) is 0. The second-order valence-corrected chi connectivity index (χ2v) is 4.58. The number of rotatable bonds is 5. The van der Waals surface area contributed by atoms with Gasteiger partial charge in [0.2, 0.25) is 11.8 Å². The van der Waals surface area contributed by atoms with Gasteiger partial charge in [0.25, 0.3) is 0 Å². The maximum Gasteiger partial charge on any atom is 0.233 e. The van der Waals surface area contributed by atoms with Crippen LogP contribution in [0, 0.1) is 11.8 Å². The molecule has 2 amide bonds. The minimum atomic E-state index is -0.191. The van der Waals surface area contributed by atoms with E-state index in [0.717, 1.165) is 0 Å². The zero-order chi connectivity index (χ0) is 12.3. The van der Waals surface area contributed by atoms with Crippen LogP contribution in [0.15, 0.2) is 0 Å². The van der Waals surface area contributed by atoms with Gasteiger partial charge in [-0.3, -0.25) is 19.3 Å². The Morgan fingerprint density at radius 3 is 2.50 bits per heavy atom. The standard InChI is InChI=1S/C12H19NO3/c1-4-9(14)5-6-13-11(15)7-10(8(2)3)12(13)16/h8,10H,4-7H2,1-3H3. The molecule has 0 saturated carbocycles. The molecule has 1 aliphatic heterocycles. The van der Waals surface area contributed by atoms with E-state index in [4.69, 9.17) is 0 Å². The van der Waals surface area contributed by atoms with Gasteiger partial charge >= 0.3 is 0 Å². The van der Waals surface area contributed by atoms with Crippen LogP contribution in [0.2, 0.25) is 0 Å². The van der Waals surface area contributed by atoms with Gasteiger partial charge in [-0.25, -0.2) is 0 Å². The lowest BCUT2D eigenvalue weighted by Crippen LogP contribution is -2.33. The summed E-state index contributed by atoms with van der Waals surface area (Å²) in [6.45, 7) is 5.92. The van der Waals surface area contributed by atoms with Gasteiger partial charge in [0, 0.05) is 31.7 Å². The van der Waals surface area contributed by atoms with E-state index < -0.39 is 0 Å². The highest BCUT2D eigenvalue weighted by Gasteiger charge is 2.39. The molecule has 90 valence electrons. The highest BCUT2D eigenvalue weighted by atomic mass is 16.2. The third-order valence-corrected chi connectivity index (χ3v) is 3.09. The van der Waals surface area contributed by atoms with Crippen LogP contribution < -0.4 is 0 Å². The molecule has 0 bridgehead atoms. The van der Waals surface area contributed by atoms with Gasteiger partial charge < -0.3 is 0 Å².